The molecule has 1 unspecified atom stereocenters. The van der Waals surface area contributed by atoms with Gasteiger partial charge in [0.1, 0.15) is 0 Å². The summed E-state index contributed by atoms with van der Waals surface area (Å²) in [4.78, 5) is 0.361. The lowest BCUT2D eigenvalue weighted by Gasteiger charge is -2.11. The van der Waals surface area contributed by atoms with Crippen molar-refractivity contribution in [3.63, 3.8) is 0 Å². The van der Waals surface area contributed by atoms with Gasteiger partial charge >= 0.3 is 0 Å². The molecule has 72 valence electrons. The Balaban J connectivity index is 2.70. The summed E-state index contributed by atoms with van der Waals surface area (Å²) in [6.45, 7) is 0. The Hall–Kier alpha value is -0.690. The first-order valence-corrected chi connectivity index (χ1v) is 4.26. The van der Waals surface area contributed by atoms with Crippen LogP contribution in [0.3, 0.4) is 0 Å². The number of alkyl halides is 2. The molecule has 1 atom stereocenters. The average Bonchev–Trinajstić information content (AvgIpc) is 2.04. The molecular weight excluding hydrogens is 200 g/mol. The van der Waals surface area contributed by atoms with E-state index in [-0.39, 0.29) is 5.69 Å². The summed E-state index contributed by atoms with van der Waals surface area (Å²) >= 11 is 0.393. The minimum atomic E-state index is -2.48. The molecule has 0 heterocycles. The summed E-state index contributed by atoms with van der Waals surface area (Å²) in [7, 11) is 0. The van der Waals surface area contributed by atoms with Gasteiger partial charge in [0.2, 0.25) is 0 Å². The van der Waals surface area contributed by atoms with E-state index in [0.29, 0.717) is 16.7 Å². The summed E-state index contributed by atoms with van der Waals surface area (Å²) in [6.07, 6.45) is 0. The molecule has 0 aliphatic heterocycles. The lowest BCUT2D eigenvalue weighted by molar-refractivity contribution is -0.991. The Morgan fingerprint density at radius 1 is 1.31 bits per heavy atom. The second-order valence-electron chi connectivity index (χ2n) is 2.21. The molecule has 0 fully saturated rings. The zero-order valence-corrected chi connectivity index (χ0v) is 7.22. The van der Waals surface area contributed by atoms with E-state index < -0.39 is 11.0 Å². The van der Waals surface area contributed by atoms with Crippen LogP contribution in [0.5, 0.6) is 0 Å². The predicted molar refractivity (Wildman–Crippen MR) is 44.1 cm³/mol. The molecule has 0 saturated heterocycles. The number of thioether (sulfide) groups is 1. The molecule has 0 spiro atoms. The minimum absolute atomic E-state index is 0.0959. The quantitative estimate of drug-likeness (QED) is 0.582. The van der Waals surface area contributed by atoms with Crippen molar-refractivity contribution in [3.05, 3.63) is 29.5 Å². The fourth-order valence-electron chi connectivity index (χ4n) is 0.779. The minimum Gasteiger partial charge on any atom is -0.595 e. The van der Waals surface area contributed by atoms with E-state index in [1.165, 1.54) is 24.3 Å². The van der Waals surface area contributed by atoms with E-state index in [1.807, 2.05) is 0 Å². The summed E-state index contributed by atoms with van der Waals surface area (Å²) in [5, 5.41) is 17.8. The van der Waals surface area contributed by atoms with Crippen LogP contribution in [0.15, 0.2) is 29.2 Å². The lowest BCUT2D eigenvalue weighted by atomic mass is 10.3. The van der Waals surface area contributed by atoms with E-state index in [9.17, 15) is 14.0 Å². The monoisotopic (exact) mass is 207 g/mol. The van der Waals surface area contributed by atoms with Crippen LogP contribution >= 0.6 is 11.8 Å². The first kappa shape index (κ1) is 10.4. The molecule has 1 rings (SSSR count). The molecule has 0 radical (unpaired) electrons. The Bertz CT molecular complexity index is 266. The van der Waals surface area contributed by atoms with Crippen LogP contribution in [0.2, 0.25) is 0 Å². The molecule has 0 amide bonds. The van der Waals surface area contributed by atoms with Gasteiger partial charge < -0.3 is 5.21 Å². The highest BCUT2D eigenvalue weighted by Crippen LogP contribution is 2.25. The van der Waals surface area contributed by atoms with E-state index in [0.717, 1.165) is 0 Å². The van der Waals surface area contributed by atoms with Crippen molar-refractivity contribution in [2.45, 2.75) is 10.7 Å². The van der Waals surface area contributed by atoms with Gasteiger partial charge in [-0.15, -0.1) is 0 Å². The molecule has 0 aliphatic carbocycles. The third-order valence-electron chi connectivity index (χ3n) is 1.33. The molecule has 1 aromatic carbocycles. The molecule has 0 bridgehead atoms. The molecule has 6 heteroatoms. The van der Waals surface area contributed by atoms with E-state index in [4.69, 9.17) is 5.21 Å². The van der Waals surface area contributed by atoms with Crippen LogP contribution in [0.4, 0.5) is 14.5 Å². The summed E-state index contributed by atoms with van der Waals surface area (Å²) < 4.78 is 23.7. The summed E-state index contributed by atoms with van der Waals surface area (Å²) in [5.41, 5.74) is 0.0959. The molecule has 0 aliphatic rings. The van der Waals surface area contributed by atoms with E-state index in [2.05, 4.69) is 0 Å². The molecular formula is C7H7F2NO2S. The average molecular weight is 207 g/mol. The third-order valence-corrected chi connectivity index (χ3v) is 2.05. The Kier molecular flexibility index (Phi) is 3.61. The lowest BCUT2D eigenvalue weighted by Crippen LogP contribution is -2.99. The predicted octanol–water partition coefficient (Wildman–Crippen LogP) is 1.40. The number of benzene rings is 1. The van der Waals surface area contributed by atoms with Crippen molar-refractivity contribution in [1.29, 1.82) is 0 Å². The van der Waals surface area contributed by atoms with Crippen molar-refractivity contribution in [2.75, 3.05) is 0 Å². The number of hydrogen-bond donors (Lipinski definition) is 2. The summed E-state index contributed by atoms with van der Waals surface area (Å²) in [5.74, 6) is -2.48. The zero-order valence-electron chi connectivity index (χ0n) is 6.41. The first-order chi connectivity index (χ1) is 6.09. The fraction of sp³-hybridized carbons (Fsp3) is 0.143. The first-order valence-electron chi connectivity index (χ1n) is 3.38. The fourth-order valence-corrected chi connectivity index (χ4v) is 1.28. The largest absolute Gasteiger partial charge is 0.595 e. The number of halogens is 2. The van der Waals surface area contributed by atoms with Gasteiger partial charge in [-0.2, -0.15) is 14.0 Å². The van der Waals surface area contributed by atoms with Crippen LogP contribution in [0.1, 0.15) is 0 Å². The topological polar surface area (TPSA) is 47.7 Å². The SMILES string of the molecule is [O-][NH+](O)c1ccc(SC(F)F)cc1. The highest BCUT2D eigenvalue weighted by Gasteiger charge is 2.05. The molecule has 13 heavy (non-hydrogen) atoms. The second-order valence-corrected chi connectivity index (χ2v) is 3.27. The van der Waals surface area contributed by atoms with E-state index >= 15 is 0 Å². The van der Waals surface area contributed by atoms with Gasteiger partial charge in [-0.1, -0.05) is 11.8 Å². The van der Waals surface area contributed by atoms with Gasteiger partial charge in [-0.25, -0.2) is 5.21 Å². The maximum absolute atomic E-state index is 11.8. The van der Waals surface area contributed by atoms with Crippen LogP contribution in [-0.4, -0.2) is 11.0 Å². The maximum Gasteiger partial charge on any atom is 0.288 e. The van der Waals surface area contributed by atoms with Gasteiger partial charge in [0.05, 0.1) is 0 Å². The number of quaternary nitrogens is 1. The smallest absolute Gasteiger partial charge is 0.288 e. The van der Waals surface area contributed by atoms with Crippen LogP contribution in [0, 0.1) is 5.21 Å². The van der Waals surface area contributed by atoms with Crippen molar-refractivity contribution in [2.24, 2.45) is 0 Å². The van der Waals surface area contributed by atoms with Gasteiger partial charge in [0.15, 0.2) is 5.69 Å². The molecule has 3 nitrogen and oxygen atoms in total. The highest BCUT2D eigenvalue weighted by atomic mass is 32.2. The van der Waals surface area contributed by atoms with Crippen molar-refractivity contribution >= 4 is 17.4 Å². The zero-order chi connectivity index (χ0) is 9.84. The molecule has 0 saturated carbocycles. The van der Waals surface area contributed by atoms with Gasteiger partial charge in [0, 0.05) is 17.0 Å². The number of nitrogens with one attached hydrogen (secondary N) is 1. The summed E-state index contributed by atoms with van der Waals surface area (Å²) in [6, 6.07) is 5.32. The van der Waals surface area contributed by atoms with Crippen molar-refractivity contribution in [1.82, 2.24) is 0 Å². The maximum atomic E-state index is 11.8. The van der Waals surface area contributed by atoms with Crippen LogP contribution in [-0.2, 0) is 0 Å². The van der Waals surface area contributed by atoms with Crippen molar-refractivity contribution in [3.8, 4) is 0 Å². The van der Waals surface area contributed by atoms with Crippen molar-refractivity contribution < 1.29 is 19.2 Å². The Morgan fingerprint density at radius 3 is 2.23 bits per heavy atom. The molecule has 1 aromatic rings. The molecule has 0 aromatic heterocycles. The standard InChI is InChI=1S/C7H7F2NO2S/c8-7(9)13-6-3-1-5(2-4-6)10(11)12/h1-4,7,10-11H. The number of hydrogen-bond acceptors (Lipinski definition) is 3. The number of rotatable bonds is 3. The second kappa shape index (κ2) is 4.52. The van der Waals surface area contributed by atoms with Crippen LogP contribution in [0.25, 0.3) is 0 Å². The van der Waals surface area contributed by atoms with Gasteiger partial charge in [-0.3, -0.25) is 0 Å². The molecule has 2 N–H and O–H groups in total. The highest BCUT2D eigenvalue weighted by molar-refractivity contribution is 7.99. The van der Waals surface area contributed by atoms with Gasteiger partial charge in [0.25, 0.3) is 5.76 Å². The normalized spacial score (nSPS) is 13.3. The van der Waals surface area contributed by atoms with Gasteiger partial charge in [-0.05, 0) is 12.1 Å². The Morgan fingerprint density at radius 2 is 1.85 bits per heavy atom. The van der Waals surface area contributed by atoms with E-state index in [1.54, 1.807) is 0 Å². The third kappa shape index (κ3) is 3.27. The Labute approximate surface area is 77.5 Å². The van der Waals surface area contributed by atoms with Crippen LogP contribution < -0.4 is 5.23 Å².